The number of unbranched alkanes of at least 4 members (excludes halogenated alkanes) is 2. The molecule has 0 fully saturated rings. The summed E-state index contributed by atoms with van der Waals surface area (Å²) in [6.45, 7) is 3.52. The highest BCUT2D eigenvalue weighted by molar-refractivity contribution is 6.17. The number of benzene rings is 1. The van der Waals surface area contributed by atoms with Crippen molar-refractivity contribution >= 4 is 17.5 Å². The summed E-state index contributed by atoms with van der Waals surface area (Å²) in [6, 6.07) is 7.25. The predicted molar refractivity (Wildman–Crippen MR) is 79.1 cm³/mol. The third kappa shape index (κ3) is 6.48. The molecule has 0 unspecified atom stereocenters. The summed E-state index contributed by atoms with van der Waals surface area (Å²) in [5.74, 6) is 1.40. The second kappa shape index (κ2) is 9.68. The Morgan fingerprint density at radius 3 is 2.58 bits per heavy atom. The van der Waals surface area contributed by atoms with E-state index < -0.39 is 0 Å². The molecule has 19 heavy (non-hydrogen) atoms. The smallest absolute Gasteiger partial charge is 0.251 e. The molecule has 0 aliphatic rings. The maximum absolute atomic E-state index is 11.8. The molecule has 1 aromatic carbocycles. The SMILES string of the molecule is CCCCOc1ccc(C(=O)NCCCCCl)cc1. The second-order valence-electron chi connectivity index (χ2n) is 4.38. The van der Waals surface area contributed by atoms with E-state index in [1.165, 1.54) is 0 Å². The van der Waals surface area contributed by atoms with Gasteiger partial charge in [-0.2, -0.15) is 0 Å². The van der Waals surface area contributed by atoms with Crippen molar-refractivity contribution in [3.8, 4) is 5.75 Å². The molecular formula is C15H22ClNO2. The third-order valence-corrected chi connectivity index (χ3v) is 3.00. The van der Waals surface area contributed by atoms with Crippen molar-refractivity contribution in [3.63, 3.8) is 0 Å². The van der Waals surface area contributed by atoms with Gasteiger partial charge < -0.3 is 10.1 Å². The molecule has 1 aromatic rings. The molecule has 0 radical (unpaired) electrons. The fourth-order valence-corrected chi connectivity index (χ4v) is 1.75. The largest absolute Gasteiger partial charge is 0.494 e. The summed E-state index contributed by atoms with van der Waals surface area (Å²) >= 11 is 5.58. The molecule has 0 aromatic heterocycles. The Bertz CT molecular complexity index is 365. The normalized spacial score (nSPS) is 10.2. The van der Waals surface area contributed by atoms with Gasteiger partial charge in [-0.1, -0.05) is 13.3 Å². The van der Waals surface area contributed by atoms with E-state index in [9.17, 15) is 4.79 Å². The zero-order valence-corrected chi connectivity index (χ0v) is 12.2. The molecular weight excluding hydrogens is 262 g/mol. The van der Waals surface area contributed by atoms with Crippen molar-refractivity contribution in [1.29, 1.82) is 0 Å². The van der Waals surface area contributed by atoms with Gasteiger partial charge in [0.2, 0.25) is 0 Å². The van der Waals surface area contributed by atoms with Crippen LogP contribution in [0.2, 0.25) is 0 Å². The Balaban J connectivity index is 2.35. The molecule has 0 saturated carbocycles. The third-order valence-electron chi connectivity index (χ3n) is 2.73. The van der Waals surface area contributed by atoms with E-state index in [2.05, 4.69) is 12.2 Å². The van der Waals surface area contributed by atoms with Crippen molar-refractivity contribution in [2.24, 2.45) is 0 Å². The minimum atomic E-state index is -0.0466. The highest BCUT2D eigenvalue weighted by Gasteiger charge is 2.04. The number of carbonyl (C=O) groups excluding carboxylic acids is 1. The number of halogens is 1. The number of nitrogens with one attached hydrogen (secondary N) is 1. The summed E-state index contributed by atoms with van der Waals surface area (Å²) in [5, 5.41) is 2.87. The van der Waals surface area contributed by atoms with E-state index in [4.69, 9.17) is 16.3 Å². The molecule has 0 spiro atoms. The first-order valence-corrected chi connectivity index (χ1v) is 7.38. The number of hydrogen-bond acceptors (Lipinski definition) is 2. The Labute approximate surface area is 120 Å². The van der Waals surface area contributed by atoms with Crippen molar-refractivity contribution in [3.05, 3.63) is 29.8 Å². The van der Waals surface area contributed by atoms with Gasteiger partial charge in [0.1, 0.15) is 5.75 Å². The van der Waals surface area contributed by atoms with Gasteiger partial charge in [0, 0.05) is 18.0 Å². The van der Waals surface area contributed by atoms with Crippen LogP contribution in [0.5, 0.6) is 5.75 Å². The molecule has 0 atom stereocenters. The average molecular weight is 284 g/mol. The van der Waals surface area contributed by atoms with Crippen LogP contribution < -0.4 is 10.1 Å². The van der Waals surface area contributed by atoms with Gasteiger partial charge in [0.15, 0.2) is 0 Å². The van der Waals surface area contributed by atoms with Crippen LogP contribution in [-0.4, -0.2) is 24.9 Å². The van der Waals surface area contributed by atoms with E-state index in [1.54, 1.807) is 12.1 Å². The average Bonchev–Trinajstić information content (AvgIpc) is 2.44. The number of carbonyl (C=O) groups is 1. The zero-order chi connectivity index (χ0) is 13.9. The molecule has 3 nitrogen and oxygen atoms in total. The lowest BCUT2D eigenvalue weighted by Crippen LogP contribution is -2.24. The molecule has 4 heteroatoms. The second-order valence-corrected chi connectivity index (χ2v) is 4.76. The van der Waals surface area contributed by atoms with Crippen LogP contribution in [-0.2, 0) is 0 Å². The van der Waals surface area contributed by atoms with Gasteiger partial charge in [-0.25, -0.2) is 0 Å². The fourth-order valence-electron chi connectivity index (χ4n) is 1.56. The van der Waals surface area contributed by atoms with Crippen molar-refractivity contribution < 1.29 is 9.53 Å². The molecule has 1 amide bonds. The lowest BCUT2D eigenvalue weighted by molar-refractivity contribution is 0.0953. The van der Waals surface area contributed by atoms with Crippen LogP contribution in [0.4, 0.5) is 0 Å². The number of amides is 1. The molecule has 0 aliphatic carbocycles. The van der Waals surface area contributed by atoms with Crippen LogP contribution in [0.25, 0.3) is 0 Å². The first-order valence-electron chi connectivity index (χ1n) is 6.85. The van der Waals surface area contributed by atoms with Gasteiger partial charge >= 0.3 is 0 Å². The van der Waals surface area contributed by atoms with Crippen LogP contribution in [0.1, 0.15) is 43.0 Å². The summed E-state index contributed by atoms with van der Waals surface area (Å²) in [5.41, 5.74) is 0.661. The fraction of sp³-hybridized carbons (Fsp3) is 0.533. The highest BCUT2D eigenvalue weighted by atomic mass is 35.5. The maximum Gasteiger partial charge on any atom is 0.251 e. The molecule has 0 bridgehead atoms. The predicted octanol–water partition coefficient (Wildman–Crippen LogP) is 3.61. The molecule has 1 rings (SSSR count). The van der Waals surface area contributed by atoms with E-state index in [0.29, 0.717) is 18.0 Å². The van der Waals surface area contributed by atoms with Crippen LogP contribution >= 0.6 is 11.6 Å². The maximum atomic E-state index is 11.8. The molecule has 1 N–H and O–H groups in total. The van der Waals surface area contributed by atoms with Gasteiger partial charge in [-0.05, 0) is 43.5 Å². The Morgan fingerprint density at radius 1 is 1.21 bits per heavy atom. The summed E-state index contributed by atoms with van der Waals surface area (Å²) in [4.78, 5) is 11.8. The van der Waals surface area contributed by atoms with E-state index >= 15 is 0 Å². The zero-order valence-electron chi connectivity index (χ0n) is 11.5. The first kappa shape index (κ1) is 15.8. The molecule has 0 aliphatic heterocycles. The number of ether oxygens (including phenoxy) is 1. The van der Waals surface area contributed by atoms with Crippen molar-refractivity contribution in [1.82, 2.24) is 5.32 Å². The van der Waals surface area contributed by atoms with E-state index in [0.717, 1.165) is 38.0 Å². The van der Waals surface area contributed by atoms with Crippen molar-refractivity contribution in [2.75, 3.05) is 19.0 Å². The summed E-state index contributed by atoms with van der Waals surface area (Å²) in [6.07, 6.45) is 3.99. The topological polar surface area (TPSA) is 38.3 Å². The number of alkyl halides is 1. The summed E-state index contributed by atoms with van der Waals surface area (Å²) in [7, 11) is 0. The van der Waals surface area contributed by atoms with Crippen LogP contribution in [0.3, 0.4) is 0 Å². The quantitative estimate of drug-likeness (QED) is 0.555. The minimum absolute atomic E-state index is 0.0466. The molecule has 0 heterocycles. The number of rotatable bonds is 9. The lowest BCUT2D eigenvalue weighted by atomic mass is 10.2. The Morgan fingerprint density at radius 2 is 1.95 bits per heavy atom. The van der Waals surface area contributed by atoms with Crippen molar-refractivity contribution in [2.45, 2.75) is 32.6 Å². The Hall–Kier alpha value is -1.22. The lowest BCUT2D eigenvalue weighted by Gasteiger charge is -2.07. The van der Waals surface area contributed by atoms with Crippen LogP contribution in [0, 0.1) is 0 Å². The summed E-state index contributed by atoms with van der Waals surface area (Å²) < 4.78 is 5.55. The van der Waals surface area contributed by atoms with Gasteiger partial charge in [-0.3, -0.25) is 4.79 Å². The first-order chi connectivity index (χ1) is 9.27. The Kier molecular flexibility index (Phi) is 8.07. The number of hydrogen-bond donors (Lipinski definition) is 1. The minimum Gasteiger partial charge on any atom is -0.494 e. The van der Waals surface area contributed by atoms with E-state index in [-0.39, 0.29) is 5.91 Å². The standard InChI is InChI=1S/C15H22ClNO2/c1-2-3-12-19-14-8-6-13(7-9-14)15(18)17-11-5-4-10-16/h6-9H,2-5,10-12H2,1H3,(H,17,18). The monoisotopic (exact) mass is 283 g/mol. The molecule has 106 valence electrons. The molecule has 0 saturated heterocycles. The van der Waals surface area contributed by atoms with E-state index in [1.807, 2.05) is 12.1 Å². The highest BCUT2D eigenvalue weighted by Crippen LogP contribution is 2.12. The van der Waals surface area contributed by atoms with Gasteiger partial charge in [0.05, 0.1) is 6.61 Å². The van der Waals surface area contributed by atoms with Gasteiger partial charge in [-0.15, -0.1) is 11.6 Å². The van der Waals surface area contributed by atoms with Crippen LogP contribution in [0.15, 0.2) is 24.3 Å². The van der Waals surface area contributed by atoms with Gasteiger partial charge in [0.25, 0.3) is 5.91 Å².